The van der Waals surface area contributed by atoms with Gasteiger partial charge < -0.3 is 13.6 Å². The van der Waals surface area contributed by atoms with Crippen LogP contribution in [0.25, 0.3) is 138 Å². The van der Waals surface area contributed by atoms with Crippen LogP contribution in [0.15, 0.2) is 205 Å². The van der Waals surface area contributed by atoms with Crippen molar-refractivity contribution in [1.29, 1.82) is 0 Å². The second kappa shape index (κ2) is 12.4. The number of benzene rings is 9. The molecule has 5 aromatic heterocycles. The first-order valence-electron chi connectivity index (χ1n) is 21.8. The molecule has 296 valence electrons. The topological polar surface area (TPSA) is 53.7 Å². The Hall–Kier alpha value is -8.74. The average molecular weight is 816 g/mol. The van der Waals surface area contributed by atoms with Crippen molar-refractivity contribution >= 4 is 87.5 Å². The van der Waals surface area contributed by atoms with Gasteiger partial charge in [0.2, 0.25) is 11.7 Å². The molecule has 0 spiro atoms. The molecule has 0 N–H and O–H groups in total. The van der Waals surface area contributed by atoms with Crippen molar-refractivity contribution in [3.05, 3.63) is 200 Å². The highest BCUT2D eigenvalue weighted by molar-refractivity contribution is 6.23. The zero-order chi connectivity index (χ0) is 41.6. The zero-order valence-corrected chi connectivity index (χ0v) is 34.2. The minimum atomic E-state index is 0.552. The first-order valence-corrected chi connectivity index (χ1v) is 21.8. The van der Waals surface area contributed by atoms with E-state index in [1.165, 1.54) is 44.2 Å². The summed E-state index contributed by atoms with van der Waals surface area (Å²) < 4.78 is 13.8. The van der Waals surface area contributed by atoms with Gasteiger partial charge in [0.05, 0.1) is 49.9 Å². The quantitative estimate of drug-likeness (QED) is 0.178. The van der Waals surface area contributed by atoms with Crippen LogP contribution in [0.3, 0.4) is 0 Å². The fourth-order valence-electron chi connectivity index (χ4n) is 11.0. The maximum absolute atomic E-state index is 6.72. The Balaban J connectivity index is 1.07. The summed E-state index contributed by atoms with van der Waals surface area (Å²) in [6.07, 6.45) is 0. The van der Waals surface area contributed by atoms with Crippen molar-refractivity contribution in [2.24, 2.45) is 0 Å². The lowest BCUT2D eigenvalue weighted by Crippen LogP contribution is -2.03. The molecule has 0 unspecified atom stereocenters. The molecule has 14 aromatic rings. The highest BCUT2D eigenvalue weighted by atomic mass is 16.3. The Kier molecular flexibility index (Phi) is 6.59. The Morgan fingerprint density at radius 2 is 0.922 bits per heavy atom. The molecule has 0 saturated heterocycles. The van der Waals surface area contributed by atoms with Crippen molar-refractivity contribution in [2.75, 3.05) is 0 Å². The van der Waals surface area contributed by atoms with Crippen LogP contribution in [-0.2, 0) is 0 Å². The predicted molar refractivity (Wildman–Crippen MR) is 262 cm³/mol. The molecule has 0 amide bonds. The lowest BCUT2D eigenvalue weighted by atomic mass is 9.94. The van der Waals surface area contributed by atoms with E-state index in [1.807, 2.05) is 12.1 Å². The Morgan fingerprint density at radius 3 is 1.77 bits per heavy atom. The smallest absolute Gasteiger partial charge is 0.238 e. The first kappa shape index (κ1) is 33.9. The van der Waals surface area contributed by atoms with Crippen LogP contribution < -0.4 is 0 Å². The molecule has 0 saturated carbocycles. The summed E-state index contributed by atoms with van der Waals surface area (Å²) in [4.78, 5) is 11.1. The molecule has 1 aliphatic rings. The molecule has 0 radical (unpaired) electrons. The first-order chi connectivity index (χ1) is 31.8. The third-order valence-electron chi connectivity index (χ3n) is 13.6. The average Bonchev–Trinajstić information content (AvgIpc) is 4.07. The molecule has 15 rings (SSSR count). The second-order valence-electron chi connectivity index (χ2n) is 16.9. The van der Waals surface area contributed by atoms with Crippen molar-refractivity contribution in [3.8, 4) is 50.8 Å². The minimum Gasteiger partial charge on any atom is -0.437 e. The van der Waals surface area contributed by atoms with Crippen LogP contribution in [-0.4, -0.2) is 23.7 Å². The number of fused-ring (bicyclic) bond motifs is 17. The Morgan fingerprint density at radius 1 is 0.344 bits per heavy atom. The van der Waals surface area contributed by atoms with Crippen LogP contribution in [0.5, 0.6) is 0 Å². The minimum absolute atomic E-state index is 0.552. The molecular formula is C58H33N5O. The van der Waals surface area contributed by atoms with Gasteiger partial charge in [-0.05, 0) is 65.7 Å². The third-order valence-corrected chi connectivity index (χ3v) is 13.6. The molecule has 6 nitrogen and oxygen atoms in total. The van der Waals surface area contributed by atoms with E-state index in [4.69, 9.17) is 14.4 Å². The van der Waals surface area contributed by atoms with E-state index in [2.05, 4.69) is 202 Å². The Bertz CT molecular complexity index is 4320. The van der Waals surface area contributed by atoms with Gasteiger partial charge in [-0.3, -0.25) is 4.57 Å². The molecule has 1 aliphatic heterocycles. The van der Waals surface area contributed by atoms with E-state index in [1.54, 1.807) is 0 Å². The van der Waals surface area contributed by atoms with Crippen LogP contribution >= 0.6 is 0 Å². The molecule has 0 fully saturated rings. The lowest BCUT2D eigenvalue weighted by molar-refractivity contribution is 0.651. The number of hydrogen-bond donors (Lipinski definition) is 0. The summed E-state index contributed by atoms with van der Waals surface area (Å²) in [5.74, 6) is 0.556. The number of hydrogen-bond acceptors (Lipinski definition) is 3. The molecule has 0 aliphatic carbocycles. The number of para-hydroxylation sites is 6. The molecule has 9 aromatic carbocycles. The van der Waals surface area contributed by atoms with E-state index in [-0.39, 0.29) is 0 Å². The van der Waals surface area contributed by atoms with Crippen molar-refractivity contribution < 1.29 is 4.42 Å². The van der Waals surface area contributed by atoms with E-state index < -0.39 is 0 Å². The number of rotatable bonds is 3. The second-order valence-corrected chi connectivity index (χ2v) is 16.9. The number of nitrogens with zero attached hydrogens (tertiary/aromatic N) is 5. The zero-order valence-electron chi connectivity index (χ0n) is 34.2. The van der Waals surface area contributed by atoms with Gasteiger partial charge >= 0.3 is 0 Å². The van der Waals surface area contributed by atoms with E-state index in [9.17, 15) is 0 Å². The normalized spacial score (nSPS) is 12.4. The van der Waals surface area contributed by atoms with Gasteiger partial charge in [-0.1, -0.05) is 146 Å². The van der Waals surface area contributed by atoms with Gasteiger partial charge in [-0.15, -0.1) is 0 Å². The van der Waals surface area contributed by atoms with Gasteiger partial charge in [0, 0.05) is 60.1 Å². The number of furan rings is 1. The van der Waals surface area contributed by atoms with Crippen molar-refractivity contribution in [3.63, 3.8) is 0 Å². The molecule has 0 bridgehead atoms. The van der Waals surface area contributed by atoms with Gasteiger partial charge in [0.25, 0.3) is 0 Å². The van der Waals surface area contributed by atoms with Gasteiger partial charge in [-0.25, -0.2) is 4.98 Å². The van der Waals surface area contributed by atoms with Gasteiger partial charge in [-0.2, -0.15) is 4.98 Å². The summed E-state index contributed by atoms with van der Waals surface area (Å²) in [7, 11) is 0. The number of aromatic nitrogens is 5. The van der Waals surface area contributed by atoms with E-state index in [0.717, 1.165) is 82.4 Å². The highest BCUT2D eigenvalue weighted by Gasteiger charge is 2.28. The van der Waals surface area contributed by atoms with Crippen LogP contribution in [0.4, 0.5) is 0 Å². The summed E-state index contributed by atoms with van der Waals surface area (Å²) in [5.41, 5.74) is 17.1. The van der Waals surface area contributed by atoms with Crippen LogP contribution in [0, 0.1) is 0 Å². The molecule has 0 atom stereocenters. The Labute approximate surface area is 365 Å². The fraction of sp³-hybridized carbons (Fsp3) is 0. The fourth-order valence-corrected chi connectivity index (χ4v) is 11.0. The van der Waals surface area contributed by atoms with Gasteiger partial charge in [0.1, 0.15) is 5.58 Å². The maximum atomic E-state index is 6.72. The van der Waals surface area contributed by atoms with Crippen molar-refractivity contribution in [2.45, 2.75) is 0 Å². The third kappa shape index (κ3) is 4.38. The predicted octanol–water partition coefficient (Wildman–Crippen LogP) is 15.0. The van der Waals surface area contributed by atoms with Crippen molar-refractivity contribution in [1.82, 2.24) is 23.7 Å². The van der Waals surface area contributed by atoms with Crippen LogP contribution in [0.1, 0.15) is 0 Å². The largest absolute Gasteiger partial charge is 0.437 e. The monoisotopic (exact) mass is 815 g/mol. The highest BCUT2D eigenvalue weighted by Crippen LogP contribution is 2.49. The van der Waals surface area contributed by atoms with E-state index in [0.29, 0.717) is 11.7 Å². The standard InChI is InChI=1S/C58H33N5O/c1-2-16-34(17-3-1)61-48-29-12-8-22-41(48)53-43(26-15-30-49(53)61)55-54-42-23-9-13-31-52(42)64-57(54)60-58(59-55)63-47-28-11-7-21-38(47)44-32-50-45(33-51(44)63)40-25-14-24-39-36-19-5-4-18-35(36)37-20-6-10-27-46(37)62(50)56(39)40/h1-33H. The molecular weight excluding hydrogens is 783 g/mol. The molecule has 64 heavy (non-hydrogen) atoms. The van der Waals surface area contributed by atoms with Crippen LogP contribution in [0.2, 0.25) is 0 Å². The van der Waals surface area contributed by atoms with Gasteiger partial charge in [0.15, 0.2) is 0 Å². The van der Waals surface area contributed by atoms with E-state index >= 15 is 0 Å². The maximum Gasteiger partial charge on any atom is 0.238 e. The lowest BCUT2D eigenvalue weighted by Gasteiger charge is -2.13. The summed E-state index contributed by atoms with van der Waals surface area (Å²) >= 11 is 0. The summed E-state index contributed by atoms with van der Waals surface area (Å²) in [5, 5.41) is 8.81. The molecule has 6 heterocycles. The summed E-state index contributed by atoms with van der Waals surface area (Å²) in [6, 6.07) is 71.8. The molecule has 6 heteroatoms. The SMILES string of the molecule is c1ccc(-n2c3ccccc3c3c(-c4nc(-n5c6ccccc6c6cc7c(cc65)c5cccc6c5n7-c5ccccc5-c5ccccc5-6)nc5oc6ccccc6c45)cccc32)cc1. The summed E-state index contributed by atoms with van der Waals surface area (Å²) in [6.45, 7) is 0.